The average Bonchev–Trinajstić information content (AvgIpc) is 2.78. The number of piperidine rings is 1. The molecule has 1 aromatic heterocycles. The lowest BCUT2D eigenvalue weighted by molar-refractivity contribution is -0.119. The smallest absolute Gasteiger partial charge is 0.241 e. The topological polar surface area (TPSA) is 51.7 Å². The maximum Gasteiger partial charge on any atom is 0.241 e. The third-order valence-corrected chi connectivity index (χ3v) is 4.88. The Bertz CT molecular complexity index is 945. The molecular formula is C24H24N2O3. The minimum Gasteiger partial charge on any atom is -0.473 e. The molecule has 2 aromatic carbocycles. The number of carbonyl (C=O) groups excluding carboxylic acids is 1. The van der Waals surface area contributed by atoms with Gasteiger partial charge in [0.1, 0.15) is 18.9 Å². The van der Waals surface area contributed by atoms with E-state index in [1.165, 1.54) is 0 Å². The third-order valence-electron chi connectivity index (χ3n) is 4.88. The molecule has 3 aromatic rings. The summed E-state index contributed by atoms with van der Waals surface area (Å²) in [4.78, 5) is 18.8. The number of carbonyl (C=O) groups is 1. The third kappa shape index (κ3) is 4.93. The van der Waals surface area contributed by atoms with Crippen LogP contribution in [0, 0.1) is 0 Å². The molecule has 1 aliphatic rings. The SMILES string of the molecule is O=C1CCCCN1c1ccc(OCc2ccccc2)nc1OCc1ccccc1. The van der Waals surface area contributed by atoms with Gasteiger partial charge in [0.05, 0.1) is 0 Å². The minimum absolute atomic E-state index is 0.112. The van der Waals surface area contributed by atoms with Crippen LogP contribution in [0.15, 0.2) is 72.8 Å². The number of aromatic nitrogens is 1. The van der Waals surface area contributed by atoms with Gasteiger partial charge in [-0.2, -0.15) is 4.98 Å². The molecule has 5 heteroatoms. The number of amides is 1. The molecule has 5 nitrogen and oxygen atoms in total. The number of hydrogen-bond acceptors (Lipinski definition) is 4. The van der Waals surface area contributed by atoms with E-state index in [-0.39, 0.29) is 5.91 Å². The van der Waals surface area contributed by atoms with Crippen LogP contribution < -0.4 is 14.4 Å². The first kappa shape index (κ1) is 19.0. The molecule has 0 N–H and O–H groups in total. The summed E-state index contributed by atoms with van der Waals surface area (Å²) in [6, 6.07) is 23.5. The molecule has 0 saturated carbocycles. The molecule has 4 rings (SSSR count). The van der Waals surface area contributed by atoms with Crippen molar-refractivity contribution >= 4 is 11.6 Å². The first-order chi connectivity index (χ1) is 14.3. The Labute approximate surface area is 170 Å². The maximum atomic E-state index is 12.4. The predicted molar refractivity (Wildman–Crippen MR) is 112 cm³/mol. The zero-order valence-electron chi connectivity index (χ0n) is 16.3. The lowest BCUT2D eigenvalue weighted by Gasteiger charge is -2.28. The molecule has 2 heterocycles. The van der Waals surface area contributed by atoms with Crippen LogP contribution in [0.5, 0.6) is 11.8 Å². The number of benzene rings is 2. The van der Waals surface area contributed by atoms with Crippen molar-refractivity contribution in [2.75, 3.05) is 11.4 Å². The highest BCUT2D eigenvalue weighted by molar-refractivity contribution is 5.95. The van der Waals surface area contributed by atoms with Crippen LogP contribution in [0.4, 0.5) is 5.69 Å². The summed E-state index contributed by atoms with van der Waals surface area (Å²) >= 11 is 0. The fraction of sp³-hybridized carbons (Fsp3) is 0.250. The van der Waals surface area contributed by atoms with Gasteiger partial charge in [0.2, 0.25) is 17.7 Å². The second-order valence-electron chi connectivity index (χ2n) is 7.02. The first-order valence-corrected chi connectivity index (χ1v) is 9.94. The van der Waals surface area contributed by atoms with Gasteiger partial charge in [-0.25, -0.2) is 0 Å². The Kier molecular flexibility index (Phi) is 6.05. The molecule has 1 aliphatic heterocycles. The van der Waals surface area contributed by atoms with Crippen molar-refractivity contribution in [3.8, 4) is 11.8 Å². The Morgan fingerprint density at radius 2 is 1.45 bits per heavy atom. The molecule has 29 heavy (non-hydrogen) atoms. The van der Waals surface area contributed by atoms with E-state index in [2.05, 4.69) is 4.98 Å². The van der Waals surface area contributed by atoms with E-state index < -0.39 is 0 Å². The number of anilines is 1. The molecule has 0 spiro atoms. The second-order valence-corrected chi connectivity index (χ2v) is 7.02. The summed E-state index contributed by atoms with van der Waals surface area (Å²) in [7, 11) is 0. The van der Waals surface area contributed by atoms with E-state index in [9.17, 15) is 4.79 Å². The van der Waals surface area contributed by atoms with Crippen molar-refractivity contribution in [3.63, 3.8) is 0 Å². The summed E-state index contributed by atoms with van der Waals surface area (Å²) in [6.45, 7) is 1.49. The van der Waals surface area contributed by atoms with Crippen LogP contribution in [0.25, 0.3) is 0 Å². The summed E-state index contributed by atoms with van der Waals surface area (Å²) < 4.78 is 11.9. The molecule has 1 fully saturated rings. The van der Waals surface area contributed by atoms with Gasteiger partial charge in [0.25, 0.3) is 0 Å². The largest absolute Gasteiger partial charge is 0.473 e. The fourth-order valence-corrected chi connectivity index (χ4v) is 3.33. The quantitative estimate of drug-likeness (QED) is 0.586. The van der Waals surface area contributed by atoms with Crippen molar-refractivity contribution in [3.05, 3.63) is 83.9 Å². The molecule has 0 bridgehead atoms. The number of rotatable bonds is 7. The standard InChI is InChI=1S/C24H24N2O3/c27-23-13-7-8-16-26(23)21-14-15-22(28-17-19-9-3-1-4-10-19)25-24(21)29-18-20-11-5-2-6-12-20/h1-6,9-12,14-15H,7-8,13,16-18H2. The average molecular weight is 388 g/mol. The van der Waals surface area contributed by atoms with Gasteiger partial charge in [-0.05, 0) is 30.0 Å². The molecule has 0 radical (unpaired) electrons. The molecule has 1 amide bonds. The van der Waals surface area contributed by atoms with Gasteiger partial charge >= 0.3 is 0 Å². The zero-order chi connectivity index (χ0) is 19.9. The second kappa shape index (κ2) is 9.24. The number of ether oxygens (including phenoxy) is 2. The number of hydrogen-bond donors (Lipinski definition) is 0. The van der Waals surface area contributed by atoms with Crippen LogP contribution in [0.3, 0.4) is 0 Å². The highest BCUT2D eigenvalue weighted by Gasteiger charge is 2.24. The van der Waals surface area contributed by atoms with Gasteiger partial charge in [-0.15, -0.1) is 0 Å². The summed E-state index contributed by atoms with van der Waals surface area (Å²) in [6.07, 6.45) is 2.47. The normalized spacial score (nSPS) is 13.9. The van der Waals surface area contributed by atoms with Gasteiger partial charge in [-0.3, -0.25) is 4.79 Å². The van der Waals surface area contributed by atoms with Gasteiger partial charge < -0.3 is 14.4 Å². The van der Waals surface area contributed by atoms with Gasteiger partial charge in [0, 0.05) is 19.0 Å². The van der Waals surface area contributed by atoms with Crippen LogP contribution in [-0.2, 0) is 18.0 Å². The summed E-state index contributed by atoms with van der Waals surface area (Å²) in [5, 5.41) is 0. The van der Waals surface area contributed by atoms with Crippen LogP contribution in [-0.4, -0.2) is 17.4 Å². The zero-order valence-corrected chi connectivity index (χ0v) is 16.3. The molecule has 0 unspecified atom stereocenters. The Morgan fingerprint density at radius 1 is 0.793 bits per heavy atom. The fourth-order valence-electron chi connectivity index (χ4n) is 3.33. The minimum atomic E-state index is 0.112. The van der Waals surface area contributed by atoms with Crippen molar-refractivity contribution in [1.82, 2.24) is 4.98 Å². The summed E-state index contributed by atoms with van der Waals surface area (Å²) in [5.74, 6) is 1.01. The van der Waals surface area contributed by atoms with Crippen molar-refractivity contribution in [2.45, 2.75) is 32.5 Å². The monoisotopic (exact) mass is 388 g/mol. The highest BCUT2D eigenvalue weighted by atomic mass is 16.5. The number of nitrogens with zero attached hydrogens (tertiary/aromatic N) is 2. The van der Waals surface area contributed by atoms with Crippen LogP contribution in [0.2, 0.25) is 0 Å². The van der Waals surface area contributed by atoms with Gasteiger partial charge in [-0.1, -0.05) is 60.7 Å². The molecular weight excluding hydrogens is 364 g/mol. The number of pyridine rings is 1. The van der Waals surface area contributed by atoms with Crippen molar-refractivity contribution in [1.29, 1.82) is 0 Å². The van der Waals surface area contributed by atoms with Gasteiger partial charge in [0.15, 0.2) is 0 Å². The lowest BCUT2D eigenvalue weighted by atomic mass is 10.1. The van der Waals surface area contributed by atoms with E-state index in [0.29, 0.717) is 43.6 Å². The summed E-state index contributed by atoms with van der Waals surface area (Å²) in [5.41, 5.74) is 2.81. The van der Waals surface area contributed by atoms with E-state index in [4.69, 9.17) is 9.47 Å². The molecule has 1 saturated heterocycles. The van der Waals surface area contributed by atoms with E-state index in [0.717, 1.165) is 24.0 Å². The maximum absolute atomic E-state index is 12.4. The first-order valence-electron chi connectivity index (χ1n) is 9.94. The Hall–Kier alpha value is -3.34. The Morgan fingerprint density at radius 3 is 2.10 bits per heavy atom. The van der Waals surface area contributed by atoms with Crippen LogP contribution in [0.1, 0.15) is 30.4 Å². The van der Waals surface area contributed by atoms with Crippen molar-refractivity contribution in [2.24, 2.45) is 0 Å². The van der Waals surface area contributed by atoms with E-state index in [1.807, 2.05) is 66.7 Å². The van der Waals surface area contributed by atoms with Crippen molar-refractivity contribution < 1.29 is 14.3 Å². The molecule has 0 atom stereocenters. The Balaban J connectivity index is 1.55. The molecule has 0 aliphatic carbocycles. The molecule has 148 valence electrons. The van der Waals surface area contributed by atoms with E-state index in [1.54, 1.807) is 11.0 Å². The predicted octanol–water partition coefficient (Wildman–Crippen LogP) is 4.76. The van der Waals surface area contributed by atoms with Crippen LogP contribution >= 0.6 is 0 Å². The lowest BCUT2D eigenvalue weighted by Crippen LogP contribution is -2.35. The van der Waals surface area contributed by atoms with E-state index >= 15 is 0 Å². The highest BCUT2D eigenvalue weighted by Crippen LogP contribution is 2.32.